The quantitative estimate of drug-likeness (QED) is 0.371. The van der Waals surface area contributed by atoms with Crippen LogP contribution in [0.4, 0.5) is 0 Å². The smallest absolute Gasteiger partial charge is 0.0359 e. The molecule has 2 heterocycles. The second-order valence-corrected chi connectivity index (χ2v) is 2.78. The van der Waals surface area contributed by atoms with Gasteiger partial charge in [-0.15, -0.1) is 0 Å². The third kappa shape index (κ3) is 0.956. The molecule has 0 aromatic carbocycles. The van der Waals surface area contributed by atoms with Gasteiger partial charge in [0.1, 0.15) is 0 Å². The van der Waals surface area contributed by atoms with Gasteiger partial charge in [0.15, 0.2) is 0 Å². The molecular formula is C6H13N3. The molecule has 2 saturated heterocycles. The van der Waals surface area contributed by atoms with E-state index in [2.05, 4.69) is 16.0 Å². The van der Waals surface area contributed by atoms with Gasteiger partial charge in [-0.25, -0.2) is 0 Å². The monoisotopic (exact) mass is 127 g/mol. The SMILES string of the molecule is C1CN[C@@H]2CNC[C@@H]2N1. The first kappa shape index (κ1) is 5.65. The predicted molar refractivity (Wildman–Crippen MR) is 36.5 cm³/mol. The zero-order valence-corrected chi connectivity index (χ0v) is 5.48. The molecule has 0 aliphatic carbocycles. The van der Waals surface area contributed by atoms with Crippen LogP contribution in [-0.2, 0) is 0 Å². The van der Waals surface area contributed by atoms with Gasteiger partial charge in [-0.1, -0.05) is 0 Å². The lowest BCUT2D eigenvalue weighted by molar-refractivity contribution is 0.377. The molecule has 3 heteroatoms. The summed E-state index contributed by atoms with van der Waals surface area (Å²) in [6, 6.07) is 1.39. The number of fused-ring (bicyclic) bond motifs is 1. The Labute approximate surface area is 55.2 Å². The van der Waals surface area contributed by atoms with Crippen molar-refractivity contribution < 1.29 is 0 Å². The Hall–Kier alpha value is -0.120. The Bertz CT molecular complexity index is 92.5. The third-order valence-corrected chi connectivity index (χ3v) is 2.15. The molecule has 2 aliphatic rings. The minimum Gasteiger partial charge on any atom is -0.314 e. The van der Waals surface area contributed by atoms with E-state index in [4.69, 9.17) is 0 Å². The molecule has 3 nitrogen and oxygen atoms in total. The van der Waals surface area contributed by atoms with Crippen molar-refractivity contribution in [2.75, 3.05) is 26.2 Å². The van der Waals surface area contributed by atoms with Gasteiger partial charge in [-0.2, -0.15) is 0 Å². The average Bonchev–Trinajstić information content (AvgIpc) is 2.33. The predicted octanol–water partition coefficient (Wildman–Crippen LogP) is -1.48. The van der Waals surface area contributed by atoms with Crippen molar-refractivity contribution in [1.82, 2.24) is 16.0 Å². The molecule has 0 bridgehead atoms. The molecule has 52 valence electrons. The molecule has 0 saturated carbocycles. The molecule has 0 spiro atoms. The van der Waals surface area contributed by atoms with Gasteiger partial charge in [0.25, 0.3) is 0 Å². The molecule has 3 N–H and O–H groups in total. The summed E-state index contributed by atoms with van der Waals surface area (Å²) in [5.41, 5.74) is 0. The minimum atomic E-state index is 0.693. The van der Waals surface area contributed by atoms with Crippen LogP contribution in [0.15, 0.2) is 0 Å². The number of piperazine rings is 1. The lowest BCUT2D eigenvalue weighted by atomic mass is 10.1. The summed E-state index contributed by atoms with van der Waals surface area (Å²) in [5.74, 6) is 0. The van der Waals surface area contributed by atoms with E-state index >= 15 is 0 Å². The second kappa shape index (κ2) is 2.25. The Balaban J connectivity index is 1.97. The van der Waals surface area contributed by atoms with E-state index < -0.39 is 0 Å². The highest BCUT2D eigenvalue weighted by atomic mass is 15.2. The lowest BCUT2D eigenvalue weighted by Gasteiger charge is -2.26. The van der Waals surface area contributed by atoms with E-state index in [1.807, 2.05) is 0 Å². The van der Waals surface area contributed by atoms with E-state index in [0.29, 0.717) is 12.1 Å². The molecule has 0 amide bonds. The Morgan fingerprint density at radius 2 is 1.44 bits per heavy atom. The van der Waals surface area contributed by atoms with Gasteiger partial charge in [0.05, 0.1) is 0 Å². The maximum Gasteiger partial charge on any atom is 0.0359 e. The van der Waals surface area contributed by atoms with Crippen LogP contribution in [-0.4, -0.2) is 38.3 Å². The fourth-order valence-electron chi connectivity index (χ4n) is 1.62. The molecule has 0 radical (unpaired) electrons. The molecule has 2 atom stereocenters. The standard InChI is InChI=1S/C6H13N3/c1-2-9-6-4-7-3-5(6)8-1/h5-9H,1-4H2/t5-,6+. The fraction of sp³-hybridized carbons (Fsp3) is 1.00. The minimum absolute atomic E-state index is 0.693. The molecule has 2 aliphatic heterocycles. The molecule has 2 fully saturated rings. The summed E-state index contributed by atoms with van der Waals surface area (Å²) in [4.78, 5) is 0. The second-order valence-electron chi connectivity index (χ2n) is 2.78. The van der Waals surface area contributed by atoms with Crippen molar-refractivity contribution >= 4 is 0 Å². The highest BCUT2D eigenvalue weighted by Gasteiger charge is 2.27. The van der Waals surface area contributed by atoms with Crippen LogP contribution >= 0.6 is 0 Å². The number of hydrogen-bond acceptors (Lipinski definition) is 3. The maximum absolute atomic E-state index is 3.46. The highest BCUT2D eigenvalue weighted by Crippen LogP contribution is 2.01. The van der Waals surface area contributed by atoms with E-state index in [1.54, 1.807) is 0 Å². The van der Waals surface area contributed by atoms with E-state index in [0.717, 1.165) is 26.2 Å². The van der Waals surface area contributed by atoms with Gasteiger partial charge in [-0.3, -0.25) is 0 Å². The van der Waals surface area contributed by atoms with Crippen LogP contribution in [0.2, 0.25) is 0 Å². The topological polar surface area (TPSA) is 36.1 Å². The first-order chi connectivity index (χ1) is 4.47. The molecule has 0 aromatic heterocycles. The normalized spacial score (nSPS) is 42.7. The molecule has 2 rings (SSSR count). The van der Waals surface area contributed by atoms with E-state index in [9.17, 15) is 0 Å². The van der Waals surface area contributed by atoms with Gasteiger partial charge in [0, 0.05) is 38.3 Å². The average molecular weight is 127 g/mol. The van der Waals surface area contributed by atoms with Crippen molar-refractivity contribution in [2.45, 2.75) is 12.1 Å². The van der Waals surface area contributed by atoms with Crippen LogP contribution in [0.3, 0.4) is 0 Å². The first-order valence-corrected chi connectivity index (χ1v) is 3.64. The van der Waals surface area contributed by atoms with E-state index in [1.165, 1.54) is 0 Å². The molecular weight excluding hydrogens is 114 g/mol. The lowest BCUT2D eigenvalue weighted by Crippen LogP contribution is -2.55. The first-order valence-electron chi connectivity index (χ1n) is 3.64. The van der Waals surface area contributed by atoms with Crippen molar-refractivity contribution in [3.8, 4) is 0 Å². The zero-order valence-electron chi connectivity index (χ0n) is 5.48. The highest BCUT2D eigenvalue weighted by molar-refractivity contribution is 4.94. The third-order valence-electron chi connectivity index (χ3n) is 2.15. The molecule has 0 aromatic rings. The van der Waals surface area contributed by atoms with E-state index in [-0.39, 0.29) is 0 Å². The number of rotatable bonds is 0. The summed E-state index contributed by atoms with van der Waals surface area (Å²) >= 11 is 0. The summed E-state index contributed by atoms with van der Waals surface area (Å²) in [7, 11) is 0. The Morgan fingerprint density at radius 3 is 2.00 bits per heavy atom. The molecule has 0 unspecified atom stereocenters. The van der Waals surface area contributed by atoms with Gasteiger partial charge in [0.2, 0.25) is 0 Å². The summed E-state index contributed by atoms with van der Waals surface area (Å²) in [6.07, 6.45) is 0. The Morgan fingerprint density at radius 1 is 0.889 bits per heavy atom. The molecule has 9 heavy (non-hydrogen) atoms. The van der Waals surface area contributed by atoms with Crippen LogP contribution in [0.25, 0.3) is 0 Å². The van der Waals surface area contributed by atoms with Crippen LogP contribution < -0.4 is 16.0 Å². The van der Waals surface area contributed by atoms with Crippen molar-refractivity contribution in [3.63, 3.8) is 0 Å². The summed E-state index contributed by atoms with van der Waals surface area (Å²) in [5, 5.41) is 10.3. The maximum atomic E-state index is 3.46. The van der Waals surface area contributed by atoms with Crippen molar-refractivity contribution in [3.05, 3.63) is 0 Å². The van der Waals surface area contributed by atoms with Gasteiger partial charge in [-0.05, 0) is 0 Å². The Kier molecular flexibility index (Phi) is 1.41. The van der Waals surface area contributed by atoms with Gasteiger partial charge >= 0.3 is 0 Å². The number of hydrogen-bond donors (Lipinski definition) is 3. The summed E-state index contributed by atoms with van der Waals surface area (Å²) in [6.45, 7) is 4.53. The van der Waals surface area contributed by atoms with Crippen LogP contribution in [0.1, 0.15) is 0 Å². The fourth-order valence-corrected chi connectivity index (χ4v) is 1.62. The largest absolute Gasteiger partial charge is 0.314 e. The number of nitrogens with one attached hydrogen (secondary N) is 3. The summed E-state index contributed by atoms with van der Waals surface area (Å²) < 4.78 is 0. The van der Waals surface area contributed by atoms with Crippen molar-refractivity contribution in [1.29, 1.82) is 0 Å². The van der Waals surface area contributed by atoms with Gasteiger partial charge < -0.3 is 16.0 Å². The zero-order chi connectivity index (χ0) is 6.10. The van der Waals surface area contributed by atoms with Crippen molar-refractivity contribution in [2.24, 2.45) is 0 Å². The van der Waals surface area contributed by atoms with Crippen LogP contribution in [0.5, 0.6) is 0 Å². The van der Waals surface area contributed by atoms with Crippen LogP contribution in [0, 0.1) is 0 Å².